The van der Waals surface area contributed by atoms with Crippen LogP contribution in [0.4, 0.5) is 0 Å². The molecule has 0 saturated carbocycles. The van der Waals surface area contributed by atoms with Crippen LogP contribution in [0.1, 0.15) is 31.6 Å². The maximum absolute atomic E-state index is 13.0. The molecule has 3 aromatic rings. The van der Waals surface area contributed by atoms with Gasteiger partial charge in [0.1, 0.15) is 6.04 Å². The summed E-state index contributed by atoms with van der Waals surface area (Å²) in [6.45, 7) is 0.440. The van der Waals surface area contributed by atoms with Gasteiger partial charge in [0.05, 0.1) is 11.5 Å². The predicted molar refractivity (Wildman–Crippen MR) is 115 cm³/mol. The summed E-state index contributed by atoms with van der Waals surface area (Å²) in [4.78, 5) is 21.2. The average Bonchev–Trinajstić information content (AvgIpc) is 3.32. The van der Waals surface area contributed by atoms with Crippen molar-refractivity contribution in [2.75, 3.05) is 13.2 Å². The summed E-state index contributed by atoms with van der Waals surface area (Å²) in [5.41, 5.74) is 0.756. The molecule has 4 rings (SSSR count). The number of rotatable bonds is 8. The van der Waals surface area contributed by atoms with Gasteiger partial charge in [0.25, 0.3) is 0 Å². The molecule has 0 aliphatic carbocycles. The normalized spacial score (nSPS) is 17.2. The number of benzene rings is 1. The molecule has 3 heterocycles. The zero-order valence-corrected chi connectivity index (χ0v) is 18.3. The highest BCUT2D eigenvalue weighted by Gasteiger charge is 2.38. The molecule has 1 unspecified atom stereocenters. The minimum Gasteiger partial charge on any atom is -0.464 e. The molecule has 1 aromatic carbocycles. The molecule has 10 heteroatoms. The molecule has 2 aromatic heterocycles. The number of hydrogen-bond acceptors (Lipinski definition) is 8. The van der Waals surface area contributed by atoms with E-state index in [1.165, 1.54) is 16.4 Å². The quantitative estimate of drug-likeness (QED) is 0.375. The fourth-order valence-electron chi connectivity index (χ4n) is 3.62. The summed E-state index contributed by atoms with van der Waals surface area (Å²) in [6.07, 6.45) is 6.18. The van der Waals surface area contributed by atoms with E-state index in [0.29, 0.717) is 43.9 Å². The fraction of sp³-hybridized carbons (Fsp3) is 0.364. The number of hydrogen-bond donors (Lipinski definition) is 0. The van der Waals surface area contributed by atoms with E-state index in [-0.39, 0.29) is 11.5 Å². The highest BCUT2D eigenvalue weighted by Crippen LogP contribution is 2.26. The van der Waals surface area contributed by atoms with E-state index in [2.05, 4.69) is 15.1 Å². The lowest BCUT2D eigenvalue weighted by molar-refractivity contribution is -0.149. The number of sulfonamides is 1. The van der Waals surface area contributed by atoms with Crippen molar-refractivity contribution in [1.29, 1.82) is 0 Å². The van der Waals surface area contributed by atoms with Gasteiger partial charge in [0.15, 0.2) is 0 Å². The van der Waals surface area contributed by atoms with Gasteiger partial charge >= 0.3 is 5.97 Å². The Balaban J connectivity index is 1.32. The Bertz CT molecular complexity index is 1140. The van der Waals surface area contributed by atoms with Crippen LogP contribution in [0.5, 0.6) is 0 Å². The summed E-state index contributed by atoms with van der Waals surface area (Å²) in [5.74, 6) is 0.366. The van der Waals surface area contributed by atoms with Crippen molar-refractivity contribution in [3.05, 3.63) is 60.7 Å². The number of aromatic nitrogens is 3. The number of aryl methyl sites for hydroxylation is 1. The van der Waals surface area contributed by atoms with Crippen molar-refractivity contribution in [3.63, 3.8) is 0 Å². The van der Waals surface area contributed by atoms with E-state index in [1.54, 1.807) is 36.7 Å². The molecular weight excluding hydrogens is 432 g/mol. The number of piperidine rings is 1. The Morgan fingerprint density at radius 2 is 2.00 bits per heavy atom. The second-order valence-corrected chi connectivity index (χ2v) is 9.36. The van der Waals surface area contributed by atoms with Crippen LogP contribution in [0, 0.1) is 0 Å². The Labute approximate surface area is 186 Å². The minimum absolute atomic E-state index is 0.138. The van der Waals surface area contributed by atoms with E-state index in [0.717, 1.165) is 12.0 Å². The monoisotopic (exact) mass is 456 g/mol. The van der Waals surface area contributed by atoms with Crippen LogP contribution in [0.3, 0.4) is 0 Å². The third kappa shape index (κ3) is 5.03. The predicted octanol–water partition coefficient (Wildman–Crippen LogP) is 2.85. The van der Waals surface area contributed by atoms with Gasteiger partial charge in [-0.15, -0.1) is 0 Å². The minimum atomic E-state index is -3.76. The Hall–Kier alpha value is -3.11. The number of ether oxygens (including phenoxy) is 1. The Morgan fingerprint density at radius 3 is 2.78 bits per heavy atom. The third-order valence-corrected chi connectivity index (χ3v) is 7.17. The topological polar surface area (TPSA) is 115 Å². The Morgan fingerprint density at radius 1 is 1.16 bits per heavy atom. The maximum atomic E-state index is 13.0. The van der Waals surface area contributed by atoms with Gasteiger partial charge in [-0.1, -0.05) is 23.4 Å². The van der Waals surface area contributed by atoms with Gasteiger partial charge in [0, 0.05) is 30.9 Å². The fourth-order valence-corrected chi connectivity index (χ4v) is 5.28. The SMILES string of the molecule is O=C(OCCCc1nc(-c2cccnc2)no1)C1CCCCN1S(=O)(=O)c1ccccc1. The smallest absolute Gasteiger partial charge is 0.324 e. The zero-order chi connectivity index (χ0) is 22.4. The van der Waals surface area contributed by atoms with Gasteiger partial charge in [-0.25, -0.2) is 8.42 Å². The lowest BCUT2D eigenvalue weighted by Crippen LogP contribution is -2.48. The van der Waals surface area contributed by atoms with Crippen LogP contribution >= 0.6 is 0 Å². The molecule has 1 atom stereocenters. The summed E-state index contributed by atoms with van der Waals surface area (Å²) in [6, 6.07) is 11.0. The summed E-state index contributed by atoms with van der Waals surface area (Å²) < 4.78 is 38.0. The van der Waals surface area contributed by atoms with E-state index in [4.69, 9.17) is 9.26 Å². The molecule has 0 radical (unpaired) electrons. The number of nitrogens with zero attached hydrogens (tertiary/aromatic N) is 4. The number of pyridine rings is 1. The van der Waals surface area contributed by atoms with Crippen molar-refractivity contribution < 1.29 is 22.5 Å². The van der Waals surface area contributed by atoms with Crippen LogP contribution < -0.4 is 0 Å². The van der Waals surface area contributed by atoms with Gasteiger partial charge < -0.3 is 9.26 Å². The third-order valence-electron chi connectivity index (χ3n) is 5.24. The van der Waals surface area contributed by atoms with Crippen LogP contribution in [0.25, 0.3) is 11.4 Å². The first-order valence-electron chi connectivity index (χ1n) is 10.5. The molecule has 0 spiro atoms. The zero-order valence-electron chi connectivity index (χ0n) is 17.5. The van der Waals surface area contributed by atoms with Gasteiger partial charge in [-0.2, -0.15) is 9.29 Å². The summed E-state index contributed by atoms with van der Waals surface area (Å²) in [5, 5.41) is 3.93. The van der Waals surface area contributed by atoms with E-state index in [9.17, 15) is 13.2 Å². The molecule has 32 heavy (non-hydrogen) atoms. The molecule has 0 bridgehead atoms. The van der Waals surface area contributed by atoms with Crippen molar-refractivity contribution >= 4 is 16.0 Å². The molecule has 168 valence electrons. The first kappa shape index (κ1) is 22.1. The van der Waals surface area contributed by atoms with Crippen LogP contribution in [0.15, 0.2) is 64.3 Å². The van der Waals surface area contributed by atoms with Crippen molar-refractivity contribution in [3.8, 4) is 11.4 Å². The lowest BCUT2D eigenvalue weighted by atomic mass is 10.1. The van der Waals surface area contributed by atoms with Crippen LogP contribution in [-0.2, 0) is 26.0 Å². The molecule has 1 aliphatic rings. The van der Waals surface area contributed by atoms with E-state index < -0.39 is 22.0 Å². The summed E-state index contributed by atoms with van der Waals surface area (Å²) in [7, 11) is -3.76. The Kier molecular flexibility index (Phi) is 6.91. The number of carbonyl (C=O) groups excluding carboxylic acids is 1. The molecule has 0 amide bonds. The van der Waals surface area contributed by atoms with Crippen LogP contribution in [0.2, 0.25) is 0 Å². The van der Waals surface area contributed by atoms with Crippen molar-refractivity contribution in [2.45, 2.75) is 43.0 Å². The molecule has 1 saturated heterocycles. The molecular formula is C22H24N4O5S. The maximum Gasteiger partial charge on any atom is 0.324 e. The summed E-state index contributed by atoms with van der Waals surface area (Å²) >= 11 is 0. The van der Waals surface area contributed by atoms with Crippen LogP contribution in [-0.4, -0.2) is 53.0 Å². The lowest BCUT2D eigenvalue weighted by Gasteiger charge is -2.33. The van der Waals surface area contributed by atoms with Gasteiger partial charge in [-0.05, 0) is 49.9 Å². The van der Waals surface area contributed by atoms with Crippen molar-refractivity contribution in [2.24, 2.45) is 0 Å². The first-order valence-corrected chi connectivity index (χ1v) is 12.0. The molecule has 1 fully saturated rings. The number of esters is 1. The highest BCUT2D eigenvalue weighted by atomic mass is 32.2. The first-order chi connectivity index (χ1) is 15.6. The average molecular weight is 457 g/mol. The standard InChI is InChI=1S/C22H24N4O5S/c27-22(19-11-4-5-14-26(19)32(28,29)18-9-2-1-3-10-18)30-15-7-12-20-24-21(25-31-20)17-8-6-13-23-16-17/h1-3,6,8-10,13,16,19H,4-5,7,11-12,14-15H2. The molecule has 0 N–H and O–H groups in total. The van der Waals surface area contributed by atoms with E-state index in [1.807, 2.05) is 6.07 Å². The van der Waals surface area contributed by atoms with Gasteiger partial charge in [0.2, 0.25) is 21.7 Å². The molecule has 9 nitrogen and oxygen atoms in total. The molecule has 1 aliphatic heterocycles. The second-order valence-electron chi connectivity index (χ2n) is 7.46. The second kappa shape index (κ2) is 10.0. The number of carbonyl (C=O) groups is 1. The van der Waals surface area contributed by atoms with E-state index >= 15 is 0 Å². The van der Waals surface area contributed by atoms with Crippen molar-refractivity contribution in [1.82, 2.24) is 19.4 Å². The van der Waals surface area contributed by atoms with Gasteiger partial charge in [-0.3, -0.25) is 9.78 Å². The highest BCUT2D eigenvalue weighted by molar-refractivity contribution is 7.89. The largest absolute Gasteiger partial charge is 0.464 e.